The quantitative estimate of drug-likeness (QED) is 0.587. The normalized spacial score (nSPS) is 38.1. The van der Waals surface area contributed by atoms with E-state index in [1.807, 2.05) is 12.1 Å². The molecule has 4 aliphatic rings. The van der Waals surface area contributed by atoms with Gasteiger partial charge in [0.15, 0.2) is 0 Å². The molecule has 1 aromatic carbocycles. The first-order valence-electron chi connectivity index (χ1n) is 12.5. The summed E-state index contributed by atoms with van der Waals surface area (Å²) in [6.07, 6.45) is 13.0. The number of hydrogen-bond acceptors (Lipinski definition) is 2. The Morgan fingerprint density at radius 2 is 1.81 bits per heavy atom. The van der Waals surface area contributed by atoms with Crippen LogP contribution in [0.4, 0.5) is 0 Å². The van der Waals surface area contributed by atoms with Crippen molar-refractivity contribution in [2.45, 2.75) is 71.6 Å². The summed E-state index contributed by atoms with van der Waals surface area (Å²) in [5, 5.41) is 9.47. The van der Waals surface area contributed by atoms with Crippen LogP contribution in [0.1, 0.15) is 70.8 Å². The van der Waals surface area contributed by atoms with Crippen LogP contribution in [0.3, 0.4) is 0 Å². The first-order valence-corrected chi connectivity index (χ1v) is 12.5. The number of hydrogen-bond donors (Lipinski definition) is 1. The third-order valence-electron chi connectivity index (χ3n) is 9.93. The number of ketones is 1. The van der Waals surface area contributed by atoms with E-state index < -0.39 is 5.97 Å². The number of aliphatic carboxylic acids is 1. The summed E-state index contributed by atoms with van der Waals surface area (Å²) in [4.78, 5) is 24.9. The monoisotopic (exact) mass is 432 g/mol. The minimum atomic E-state index is -0.765. The van der Waals surface area contributed by atoms with Crippen LogP contribution in [0.15, 0.2) is 53.6 Å². The predicted octanol–water partition coefficient (Wildman–Crippen LogP) is 6.39. The first-order chi connectivity index (χ1) is 15.3. The Morgan fingerprint density at radius 1 is 1.03 bits per heavy atom. The van der Waals surface area contributed by atoms with E-state index in [4.69, 9.17) is 0 Å². The fraction of sp³-hybridized carbons (Fsp3) is 0.586. The van der Waals surface area contributed by atoms with E-state index in [0.29, 0.717) is 42.0 Å². The van der Waals surface area contributed by atoms with Crippen molar-refractivity contribution in [1.82, 2.24) is 0 Å². The molecule has 0 bridgehead atoms. The fourth-order valence-electron chi connectivity index (χ4n) is 8.11. The maximum Gasteiger partial charge on any atom is 0.331 e. The zero-order chi connectivity index (χ0) is 22.5. The van der Waals surface area contributed by atoms with Gasteiger partial charge >= 0.3 is 5.97 Å². The molecule has 0 spiro atoms. The van der Waals surface area contributed by atoms with Crippen LogP contribution in [-0.4, -0.2) is 16.9 Å². The highest BCUT2D eigenvalue weighted by Crippen LogP contribution is 2.66. The van der Waals surface area contributed by atoms with Gasteiger partial charge in [0.1, 0.15) is 5.78 Å². The highest BCUT2D eigenvalue weighted by atomic mass is 16.4. The Hall–Kier alpha value is -2.16. The van der Waals surface area contributed by atoms with Crippen LogP contribution in [0, 0.1) is 34.5 Å². The zero-order valence-corrected chi connectivity index (χ0v) is 19.5. The maximum atomic E-state index is 13.4. The summed E-state index contributed by atoms with van der Waals surface area (Å²) in [5.41, 5.74) is 3.32. The number of Topliss-reactive ketones (excluding diaryl/α,β-unsaturated/α-hetero) is 1. The molecule has 4 aliphatic carbocycles. The topological polar surface area (TPSA) is 54.4 Å². The van der Waals surface area contributed by atoms with Crippen LogP contribution in [-0.2, 0) is 16.0 Å². The predicted molar refractivity (Wildman–Crippen MR) is 126 cm³/mol. The molecule has 0 aliphatic heterocycles. The molecule has 1 aromatic rings. The van der Waals surface area contributed by atoms with Crippen LogP contribution in [0.2, 0.25) is 0 Å². The Balaban J connectivity index is 1.34. The number of allylic oxidation sites excluding steroid dienone is 3. The molecule has 2 fully saturated rings. The van der Waals surface area contributed by atoms with Gasteiger partial charge in [0, 0.05) is 17.9 Å². The summed E-state index contributed by atoms with van der Waals surface area (Å²) in [7, 11) is 0. The minimum absolute atomic E-state index is 0.0958. The van der Waals surface area contributed by atoms with E-state index >= 15 is 0 Å². The van der Waals surface area contributed by atoms with Crippen molar-refractivity contribution >= 4 is 11.8 Å². The number of fused-ring (bicyclic) bond motifs is 5. The van der Waals surface area contributed by atoms with Gasteiger partial charge in [0.2, 0.25) is 0 Å². The molecule has 3 heteroatoms. The third kappa shape index (κ3) is 3.40. The molecule has 0 heterocycles. The average Bonchev–Trinajstić information content (AvgIpc) is 3.15. The van der Waals surface area contributed by atoms with Gasteiger partial charge in [-0.05, 0) is 97.2 Å². The van der Waals surface area contributed by atoms with E-state index in [9.17, 15) is 14.7 Å². The first kappa shape index (κ1) is 21.7. The van der Waals surface area contributed by atoms with E-state index in [-0.39, 0.29) is 16.7 Å². The lowest BCUT2D eigenvalue weighted by Gasteiger charge is -2.57. The number of carboxylic acids is 1. The number of benzene rings is 1. The Kier molecular flexibility index (Phi) is 5.42. The molecular formula is C29H36O3. The largest absolute Gasteiger partial charge is 0.478 e. The molecule has 0 amide bonds. The Labute approximate surface area is 192 Å². The molecule has 6 atom stereocenters. The lowest BCUT2D eigenvalue weighted by Crippen LogP contribution is -2.50. The summed E-state index contributed by atoms with van der Waals surface area (Å²) in [6.45, 7) is 4.79. The highest BCUT2D eigenvalue weighted by Gasteiger charge is 2.59. The third-order valence-corrected chi connectivity index (χ3v) is 9.93. The second-order valence-electron chi connectivity index (χ2n) is 11.3. The molecule has 32 heavy (non-hydrogen) atoms. The van der Waals surface area contributed by atoms with Gasteiger partial charge in [-0.25, -0.2) is 4.79 Å². The van der Waals surface area contributed by atoms with Gasteiger partial charge < -0.3 is 5.11 Å². The van der Waals surface area contributed by atoms with Gasteiger partial charge in [-0.2, -0.15) is 0 Å². The fourth-order valence-corrected chi connectivity index (χ4v) is 8.11. The summed E-state index contributed by atoms with van der Waals surface area (Å²) >= 11 is 0. The van der Waals surface area contributed by atoms with E-state index in [2.05, 4.69) is 44.2 Å². The van der Waals surface area contributed by atoms with Crippen LogP contribution >= 0.6 is 0 Å². The molecule has 5 rings (SSSR count). The number of carbonyl (C=O) groups is 2. The van der Waals surface area contributed by atoms with Crippen molar-refractivity contribution in [3.8, 4) is 0 Å². The van der Waals surface area contributed by atoms with Crippen molar-refractivity contribution in [1.29, 1.82) is 0 Å². The highest BCUT2D eigenvalue weighted by molar-refractivity contribution is 5.87. The van der Waals surface area contributed by atoms with Gasteiger partial charge in [0.05, 0.1) is 0 Å². The molecule has 1 N–H and O–H groups in total. The van der Waals surface area contributed by atoms with E-state index in [1.54, 1.807) is 0 Å². The molecule has 3 nitrogen and oxygen atoms in total. The SMILES string of the molecule is C[C@]12CC[C@H]3[C@@H](CC=C4C=C(C(=O)O)CC[C@@]43C)[C@@H]1CC[C@@H]2C(=O)CCc1ccccc1. The zero-order valence-electron chi connectivity index (χ0n) is 19.5. The summed E-state index contributed by atoms with van der Waals surface area (Å²) in [5.74, 6) is 1.78. The van der Waals surface area contributed by atoms with Crippen molar-refractivity contribution < 1.29 is 14.7 Å². The minimum Gasteiger partial charge on any atom is -0.478 e. The van der Waals surface area contributed by atoms with Crippen LogP contribution in [0.25, 0.3) is 0 Å². The van der Waals surface area contributed by atoms with Crippen LogP contribution < -0.4 is 0 Å². The second-order valence-corrected chi connectivity index (χ2v) is 11.3. The van der Waals surface area contributed by atoms with Crippen molar-refractivity contribution in [3.05, 3.63) is 59.2 Å². The van der Waals surface area contributed by atoms with E-state index in [0.717, 1.165) is 32.1 Å². The summed E-state index contributed by atoms with van der Waals surface area (Å²) < 4.78 is 0. The lowest BCUT2D eigenvalue weighted by molar-refractivity contribution is -0.133. The standard InChI is InChI=1S/C29H36O3/c1-28-16-14-20(27(31)32)18-21(28)9-10-22-23-11-12-25(29(23,2)17-15-24(22)28)26(30)13-8-19-6-4-3-5-7-19/h3-7,9,18,22-25H,8,10-17H2,1-2H3,(H,31,32)/t22-,23-,24-,25+,28-,29-/m0/s1. The van der Waals surface area contributed by atoms with Gasteiger partial charge in [0.25, 0.3) is 0 Å². The maximum absolute atomic E-state index is 13.4. The molecule has 0 saturated heterocycles. The lowest BCUT2D eigenvalue weighted by atomic mass is 9.47. The molecule has 0 unspecified atom stereocenters. The molecule has 0 radical (unpaired) electrons. The Morgan fingerprint density at radius 3 is 2.56 bits per heavy atom. The number of carboxylic acid groups (broad SMARTS) is 1. The van der Waals surface area contributed by atoms with Crippen molar-refractivity contribution in [2.24, 2.45) is 34.5 Å². The summed E-state index contributed by atoms with van der Waals surface area (Å²) in [6, 6.07) is 10.4. The molecule has 0 aromatic heterocycles. The smallest absolute Gasteiger partial charge is 0.331 e. The van der Waals surface area contributed by atoms with Crippen molar-refractivity contribution in [3.63, 3.8) is 0 Å². The van der Waals surface area contributed by atoms with Gasteiger partial charge in [-0.1, -0.05) is 50.3 Å². The Bertz CT molecular complexity index is 973. The van der Waals surface area contributed by atoms with Gasteiger partial charge in [-0.15, -0.1) is 0 Å². The van der Waals surface area contributed by atoms with Gasteiger partial charge in [-0.3, -0.25) is 4.79 Å². The number of aryl methyl sites for hydroxylation is 1. The molecule has 2 saturated carbocycles. The van der Waals surface area contributed by atoms with E-state index in [1.165, 1.54) is 24.0 Å². The van der Waals surface area contributed by atoms with Crippen molar-refractivity contribution in [2.75, 3.05) is 0 Å². The van der Waals surface area contributed by atoms with Crippen LogP contribution in [0.5, 0.6) is 0 Å². The number of rotatable bonds is 5. The number of carbonyl (C=O) groups excluding carboxylic acids is 1. The average molecular weight is 433 g/mol. The second kappa shape index (κ2) is 8.01. The molecule has 170 valence electrons. The molecular weight excluding hydrogens is 396 g/mol.